The number of para-hydroxylation sites is 1. The SMILES string of the molecule is CCOc1cc(/C=C2/SC(=Nc3ccccc3)N(C(C)c3ccccc3)C2=O)cc(Br)c1OCC(N)=O. The minimum absolute atomic E-state index is 0.140. The van der Waals surface area contributed by atoms with Crippen LogP contribution in [-0.4, -0.2) is 35.1 Å². The van der Waals surface area contributed by atoms with Crippen molar-refractivity contribution in [1.29, 1.82) is 0 Å². The zero-order chi connectivity index (χ0) is 26.4. The molecule has 4 rings (SSSR count). The molecule has 1 atom stereocenters. The summed E-state index contributed by atoms with van der Waals surface area (Å²) in [5.41, 5.74) is 7.73. The second-order valence-corrected chi connectivity index (χ2v) is 9.98. The number of carbonyl (C=O) groups is 2. The molecular weight excluding hydrogens is 554 g/mol. The van der Waals surface area contributed by atoms with Gasteiger partial charge in [-0.15, -0.1) is 0 Å². The number of benzene rings is 3. The quantitative estimate of drug-likeness (QED) is 0.310. The Hall–Kier alpha value is -3.56. The number of hydrogen-bond donors (Lipinski definition) is 1. The van der Waals surface area contributed by atoms with Crippen molar-refractivity contribution in [2.45, 2.75) is 19.9 Å². The maximum Gasteiger partial charge on any atom is 0.267 e. The topological polar surface area (TPSA) is 94.2 Å². The number of ether oxygens (including phenoxy) is 2. The molecule has 1 aliphatic rings. The Labute approximate surface area is 228 Å². The van der Waals surface area contributed by atoms with Gasteiger partial charge in [-0.2, -0.15) is 0 Å². The van der Waals surface area contributed by atoms with Crippen LogP contribution in [-0.2, 0) is 9.59 Å². The number of nitrogens with two attached hydrogens (primary N) is 1. The lowest BCUT2D eigenvalue weighted by atomic mass is 10.1. The van der Waals surface area contributed by atoms with Crippen LogP contribution >= 0.6 is 27.7 Å². The van der Waals surface area contributed by atoms with Crippen LogP contribution in [0.1, 0.15) is 31.0 Å². The Kier molecular flexibility index (Phi) is 8.68. The van der Waals surface area contributed by atoms with E-state index >= 15 is 0 Å². The Balaban J connectivity index is 1.73. The Morgan fingerprint density at radius 3 is 2.43 bits per heavy atom. The highest BCUT2D eigenvalue weighted by Gasteiger charge is 2.37. The monoisotopic (exact) mass is 579 g/mol. The van der Waals surface area contributed by atoms with E-state index in [-0.39, 0.29) is 18.6 Å². The third-order valence-electron chi connectivity index (χ3n) is 5.48. The molecule has 2 amide bonds. The van der Waals surface area contributed by atoms with Gasteiger partial charge >= 0.3 is 0 Å². The predicted molar refractivity (Wildman–Crippen MR) is 151 cm³/mol. The minimum atomic E-state index is -0.591. The maximum absolute atomic E-state index is 13.7. The van der Waals surface area contributed by atoms with Gasteiger partial charge in [-0.25, -0.2) is 4.99 Å². The summed E-state index contributed by atoms with van der Waals surface area (Å²) in [7, 11) is 0. The first-order chi connectivity index (χ1) is 17.9. The molecule has 0 radical (unpaired) electrons. The second-order valence-electron chi connectivity index (χ2n) is 8.12. The number of primary amides is 1. The molecule has 0 aliphatic carbocycles. The summed E-state index contributed by atoms with van der Waals surface area (Å²) in [4.78, 5) is 32.0. The van der Waals surface area contributed by atoms with Gasteiger partial charge in [0.15, 0.2) is 23.3 Å². The van der Waals surface area contributed by atoms with Crippen LogP contribution in [0, 0.1) is 0 Å². The standard InChI is InChI=1S/C28H26BrN3O4S/c1-3-35-23-15-19(14-22(29)26(23)36-17-25(30)33)16-24-27(34)32(18(2)20-10-6-4-7-11-20)28(37-24)31-21-12-8-5-9-13-21/h4-16,18H,3,17H2,1-2H3,(H2,30,33)/b24-16+,31-28?. The summed E-state index contributed by atoms with van der Waals surface area (Å²) in [6, 6.07) is 22.8. The van der Waals surface area contributed by atoms with Gasteiger partial charge in [0.25, 0.3) is 11.8 Å². The van der Waals surface area contributed by atoms with Gasteiger partial charge in [-0.05, 0) is 83.0 Å². The molecule has 0 spiro atoms. The van der Waals surface area contributed by atoms with Gasteiger partial charge < -0.3 is 15.2 Å². The number of thioether (sulfide) groups is 1. The lowest BCUT2D eigenvalue weighted by molar-refractivity contribution is -0.123. The fourth-order valence-electron chi connectivity index (χ4n) is 3.77. The Morgan fingerprint density at radius 2 is 1.78 bits per heavy atom. The summed E-state index contributed by atoms with van der Waals surface area (Å²) in [5.74, 6) is 0.0810. The van der Waals surface area contributed by atoms with Gasteiger partial charge in [0.05, 0.1) is 27.7 Å². The first-order valence-electron chi connectivity index (χ1n) is 11.7. The van der Waals surface area contributed by atoms with E-state index in [1.54, 1.807) is 23.1 Å². The van der Waals surface area contributed by atoms with E-state index in [0.29, 0.717) is 32.7 Å². The molecule has 0 saturated carbocycles. The molecular formula is C28H26BrN3O4S. The molecule has 1 unspecified atom stereocenters. The first kappa shape index (κ1) is 26.5. The van der Waals surface area contributed by atoms with Crippen LogP contribution in [0.15, 0.2) is 87.2 Å². The fourth-order valence-corrected chi connectivity index (χ4v) is 5.41. The number of halogens is 1. The van der Waals surface area contributed by atoms with Crippen molar-refractivity contribution in [2.75, 3.05) is 13.2 Å². The van der Waals surface area contributed by atoms with E-state index in [9.17, 15) is 9.59 Å². The highest BCUT2D eigenvalue weighted by atomic mass is 79.9. The van der Waals surface area contributed by atoms with E-state index in [1.165, 1.54) is 11.8 Å². The average Bonchev–Trinajstić information content (AvgIpc) is 3.18. The molecule has 0 bridgehead atoms. The van der Waals surface area contributed by atoms with E-state index < -0.39 is 5.91 Å². The van der Waals surface area contributed by atoms with Crippen LogP contribution < -0.4 is 15.2 Å². The van der Waals surface area contributed by atoms with Gasteiger partial charge in [0.2, 0.25) is 0 Å². The summed E-state index contributed by atoms with van der Waals surface area (Å²) in [6.07, 6.45) is 1.80. The molecule has 7 nitrogen and oxygen atoms in total. The molecule has 37 heavy (non-hydrogen) atoms. The van der Waals surface area contributed by atoms with E-state index in [4.69, 9.17) is 20.2 Å². The predicted octanol–water partition coefficient (Wildman–Crippen LogP) is 6.08. The van der Waals surface area contributed by atoms with Gasteiger partial charge in [-0.3, -0.25) is 14.5 Å². The van der Waals surface area contributed by atoms with Gasteiger partial charge in [-0.1, -0.05) is 48.5 Å². The molecule has 1 heterocycles. The van der Waals surface area contributed by atoms with Crippen molar-refractivity contribution in [1.82, 2.24) is 4.90 Å². The van der Waals surface area contributed by atoms with Crippen LogP contribution in [0.4, 0.5) is 5.69 Å². The van der Waals surface area contributed by atoms with Crippen molar-refractivity contribution in [3.8, 4) is 11.5 Å². The van der Waals surface area contributed by atoms with Crippen molar-refractivity contribution in [2.24, 2.45) is 10.7 Å². The summed E-state index contributed by atoms with van der Waals surface area (Å²) >= 11 is 4.81. The van der Waals surface area contributed by atoms with Gasteiger partial charge in [0, 0.05) is 0 Å². The molecule has 190 valence electrons. The number of hydrogen-bond acceptors (Lipinski definition) is 6. The number of rotatable bonds is 9. The van der Waals surface area contributed by atoms with Crippen LogP contribution in [0.2, 0.25) is 0 Å². The fraction of sp³-hybridized carbons (Fsp3) is 0.179. The van der Waals surface area contributed by atoms with Crippen molar-refractivity contribution in [3.05, 3.63) is 93.3 Å². The molecule has 1 aliphatic heterocycles. The van der Waals surface area contributed by atoms with Crippen molar-refractivity contribution in [3.63, 3.8) is 0 Å². The summed E-state index contributed by atoms with van der Waals surface area (Å²) < 4.78 is 11.9. The maximum atomic E-state index is 13.7. The van der Waals surface area contributed by atoms with E-state index in [1.807, 2.05) is 74.5 Å². The number of nitrogens with zero attached hydrogens (tertiary/aromatic N) is 2. The smallest absolute Gasteiger partial charge is 0.267 e. The van der Waals surface area contributed by atoms with E-state index in [0.717, 1.165) is 16.8 Å². The number of carbonyl (C=O) groups excluding carboxylic acids is 2. The molecule has 0 aromatic heterocycles. The van der Waals surface area contributed by atoms with Crippen LogP contribution in [0.3, 0.4) is 0 Å². The molecule has 2 N–H and O–H groups in total. The van der Waals surface area contributed by atoms with Crippen molar-refractivity contribution >= 4 is 56.4 Å². The van der Waals surface area contributed by atoms with Crippen molar-refractivity contribution < 1.29 is 19.1 Å². The lowest BCUT2D eigenvalue weighted by Crippen LogP contribution is -2.32. The Bertz CT molecular complexity index is 1350. The van der Waals surface area contributed by atoms with Gasteiger partial charge in [0.1, 0.15) is 0 Å². The molecule has 3 aromatic rings. The lowest BCUT2D eigenvalue weighted by Gasteiger charge is -2.24. The molecule has 1 fully saturated rings. The largest absolute Gasteiger partial charge is 0.490 e. The summed E-state index contributed by atoms with van der Waals surface area (Å²) in [6.45, 7) is 3.96. The highest BCUT2D eigenvalue weighted by molar-refractivity contribution is 9.10. The molecule has 3 aromatic carbocycles. The third kappa shape index (κ3) is 6.42. The first-order valence-corrected chi connectivity index (χ1v) is 13.3. The second kappa shape index (κ2) is 12.1. The third-order valence-corrected chi connectivity index (χ3v) is 7.05. The molecule has 1 saturated heterocycles. The number of amides is 2. The zero-order valence-corrected chi connectivity index (χ0v) is 22.8. The van der Waals surface area contributed by atoms with Crippen LogP contribution in [0.5, 0.6) is 11.5 Å². The molecule has 9 heteroatoms. The van der Waals surface area contributed by atoms with Crippen LogP contribution in [0.25, 0.3) is 6.08 Å². The zero-order valence-electron chi connectivity index (χ0n) is 20.4. The number of amidine groups is 1. The normalized spacial score (nSPS) is 16.3. The average molecular weight is 581 g/mol. The van der Waals surface area contributed by atoms with E-state index in [2.05, 4.69) is 15.9 Å². The summed E-state index contributed by atoms with van der Waals surface area (Å²) in [5, 5.41) is 0.601. The Morgan fingerprint density at radius 1 is 1.11 bits per heavy atom. The highest BCUT2D eigenvalue weighted by Crippen LogP contribution is 2.41. The minimum Gasteiger partial charge on any atom is -0.490 e. The number of aliphatic imine (C=N–C) groups is 1.